The third-order valence-electron chi connectivity index (χ3n) is 5.09. The molecule has 0 aliphatic rings. The highest BCUT2D eigenvalue weighted by atomic mass is 32.1. The van der Waals surface area contributed by atoms with Crippen LogP contribution in [-0.4, -0.2) is 16.2 Å². The Kier molecular flexibility index (Phi) is 7.64. The van der Waals surface area contributed by atoms with Crippen LogP contribution in [0.1, 0.15) is 32.4 Å². The van der Waals surface area contributed by atoms with Gasteiger partial charge >= 0.3 is 0 Å². The molecular formula is C26H24N4O3S. The first kappa shape index (κ1) is 23.2. The highest BCUT2D eigenvalue weighted by Gasteiger charge is 2.24. The first-order valence-corrected chi connectivity index (χ1v) is 11.5. The molecule has 0 bridgehead atoms. The van der Waals surface area contributed by atoms with Gasteiger partial charge in [0.2, 0.25) is 0 Å². The summed E-state index contributed by atoms with van der Waals surface area (Å²) in [6.45, 7) is 0.795. The minimum Gasteiger partial charge on any atom is -0.489 e. The van der Waals surface area contributed by atoms with Crippen molar-refractivity contribution in [2.45, 2.75) is 19.2 Å². The van der Waals surface area contributed by atoms with E-state index in [1.54, 1.807) is 48.7 Å². The molecule has 1 aromatic heterocycles. The van der Waals surface area contributed by atoms with Crippen LogP contribution in [0, 0.1) is 0 Å². The Hall–Kier alpha value is -4.01. The molecule has 0 fully saturated rings. The predicted molar refractivity (Wildman–Crippen MR) is 133 cm³/mol. The molecule has 0 radical (unpaired) electrons. The summed E-state index contributed by atoms with van der Waals surface area (Å²) in [5.74, 6) is -0.0797. The van der Waals surface area contributed by atoms with Gasteiger partial charge in [0.25, 0.3) is 11.8 Å². The molecule has 0 aliphatic carbocycles. The van der Waals surface area contributed by atoms with E-state index in [1.807, 2.05) is 42.5 Å². The van der Waals surface area contributed by atoms with E-state index in [1.165, 1.54) is 0 Å². The zero-order valence-electron chi connectivity index (χ0n) is 18.3. The average Bonchev–Trinajstić information content (AvgIpc) is 3.42. The number of aromatic nitrogens is 1. The molecule has 172 valence electrons. The van der Waals surface area contributed by atoms with Crippen LogP contribution in [0.3, 0.4) is 0 Å². The second kappa shape index (κ2) is 11.2. The van der Waals surface area contributed by atoms with Gasteiger partial charge in [-0.15, -0.1) is 0 Å². The highest BCUT2D eigenvalue weighted by Crippen LogP contribution is 2.22. The van der Waals surface area contributed by atoms with E-state index in [4.69, 9.17) is 10.5 Å². The Morgan fingerprint density at radius 2 is 1.71 bits per heavy atom. The Bertz CT molecular complexity index is 1230. The van der Waals surface area contributed by atoms with E-state index in [2.05, 4.69) is 15.0 Å². The Morgan fingerprint density at radius 3 is 2.41 bits per heavy atom. The van der Waals surface area contributed by atoms with Crippen LogP contribution in [-0.2, 0) is 17.9 Å². The largest absolute Gasteiger partial charge is 0.489 e. The van der Waals surface area contributed by atoms with E-state index in [-0.39, 0.29) is 11.8 Å². The highest BCUT2D eigenvalue weighted by molar-refractivity contribution is 7.08. The molecule has 8 heteroatoms. The quantitative estimate of drug-likeness (QED) is 0.337. The number of anilines is 1. The van der Waals surface area contributed by atoms with Crippen molar-refractivity contribution in [1.29, 1.82) is 0 Å². The number of carbonyl (C=O) groups excluding carboxylic acids is 2. The summed E-state index contributed by atoms with van der Waals surface area (Å²) in [5.41, 5.74) is 8.88. The maximum absolute atomic E-state index is 13.2. The van der Waals surface area contributed by atoms with Crippen LogP contribution in [0.15, 0.2) is 91.1 Å². The lowest BCUT2D eigenvalue weighted by Crippen LogP contribution is -2.36. The number of nitrogens with two attached hydrogens (primary N) is 1. The summed E-state index contributed by atoms with van der Waals surface area (Å²) in [6.07, 6.45) is 1.55. The summed E-state index contributed by atoms with van der Waals surface area (Å²) < 4.78 is 9.81. The average molecular weight is 473 g/mol. The molecule has 3 aromatic carbocycles. The normalized spacial score (nSPS) is 11.4. The fourth-order valence-corrected chi connectivity index (χ4v) is 3.82. The van der Waals surface area contributed by atoms with Crippen LogP contribution < -0.4 is 21.1 Å². The molecule has 0 spiro atoms. The van der Waals surface area contributed by atoms with Gasteiger partial charge in [0.15, 0.2) is 0 Å². The number of benzene rings is 3. The lowest BCUT2D eigenvalue weighted by atomic mass is 10.1. The molecule has 0 aliphatic heterocycles. The van der Waals surface area contributed by atoms with Gasteiger partial charge < -0.3 is 21.1 Å². The third kappa shape index (κ3) is 6.06. The maximum Gasteiger partial charge on any atom is 0.263 e. The number of hydrogen-bond acceptors (Lipinski definition) is 6. The van der Waals surface area contributed by atoms with Crippen LogP contribution in [0.2, 0.25) is 0 Å². The smallest absolute Gasteiger partial charge is 0.263 e. The van der Waals surface area contributed by atoms with E-state index in [0.717, 1.165) is 22.7 Å². The van der Waals surface area contributed by atoms with E-state index in [9.17, 15) is 9.59 Å². The van der Waals surface area contributed by atoms with Gasteiger partial charge in [-0.05, 0) is 58.6 Å². The zero-order chi connectivity index (χ0) is 23.8. The summed E-state index contributed by atoms with van der Waals surface area (Å²) >= 11 is 1.07. The number of rotatable bonds is 9. The zero-order valence-corrected chi connectivity index (χ0v) is 19.1. The molecule has 2 amide bonds. The van der Waals surface area contributed by atoms with Crippen LogP contribution in [0.5, 0.6) is 5.75 Å². The van der Waals surface area contributed by atoms with Crippen molar-refractivity contribution >= 4 is 29.0 Å². The second-order valence-corrected chi connectivity index (χ2v) is 8.35. The molecule has 4 aromatic rings. The number of carbonyl (C=O) groups is 2. The van der Waals surface area contributed by atoms with Crippen LogP contribution in [0.25, 0.3) is 0 Å². The van der Waals surface area contributed by atoms with Crippen molar-refractivity contribution in [3.8, 4) is 5.75 Å². The third-order valence-corrected chi connectivity index (χ3v) is 5.84. The molecule has 4 N–H and O–H groups in total. The van der Waals surface area contributed by atoms with Gasteiger partial charge in [-0.25, -0.2) is 4.37 Å². The Morgan fingerprint density at radius 1 is 0.941 bits per heavy atom. The Labute approximate surface area is 201 Å². The van der Waals surface area contributed by atoms with Crippen molar-refractivity contribution in [2.24, 2.45) is 5.73 Å². The summed E-state index contributed by atoms with van der Waals surface area (Å²) in [4.78, 5) is 26.3. The fraction of sp³-hybridized carbons (Fsp3) is 0.115. The van der Waals surface area contributed by atoms with E-state index >= 15 is 0 Å². The van der Waals surface area contributed by atoms with Gasteiger partial charge in [0.1, 0.15) is 23.3 Å². The molecule has 1 atom stereocenters. The van der Waals surface area contributed by atoms with Crippen LogP contribution in [0.4, 0.5) is 5.69 Å². The molecule has 4 rings (SSSR count). The minimum absolute atomic E-state index is 0.361. The monoisotopic (exact) mass is 472 g/mol. The first-order valence-electron chi connectivity index (χ1n) is 10.7. The van der Waals surface area contributed by atoms with E-state index < -0.39 is 6.04 Å². The number of amides is 2. The molecule has 1 heterocycles. The number of hydrogen-bond donors (Lipinski definition) is 3. The first-order chi connectivity index (χ1) is 16.6. The van der Waals surface area contributed by atoms with Crippen LogP contribution >= 0.6 is 11.5 Å². The molecular weight excluding hydrogens is 448 g/mol. The van der Waals surface area contributed by atoms with Crippen molar-refractivity contribution in [3.63, 3.8) is 0 Å². The lowest BCUT2D eigenvalue weighted by molar-refractivity contribution is -0.118. The topological polar surface area (TPSA) is 106 Å². The second-order valence-electron chi connectivity index (χ2n) is 7.52. The molecule has 0 saturated carbocycles. The van der Waals surface area contributed by atoms with E-state index in [0.29, 0.717) is 35.0 Å². The maximum atomic E-state index is 13.2. The fourth-order valence-electron chi connectivity index (χ4n) is 3.32. The molecule has 7 nitrogen and oxygen atoms in total. The van der Waals surface area contributed by atoms with Gasteiger partial charge in [-0.1, -0.05) is 54.6 Å². The Balaban J connectivity index is 1.51. The van der Waals surface area contributed by atoms with Gasteiger partial charge in [-0.2, -0.15) is 0 Å². The lowest BCUT2D eigenvalue weighted by Gasteiger charge is -2.19. The number of ether oxygens (including phenoxy) is 1. The molecule has 34 heavy (non-hydrogen) atoms. The molecule has 0 saturated heterocycles. The molecule has 0 unspecified atom stereocenters. The van der Waals surface area contributed by atoms with Gasteiger partial charge in [0.05, 0.1) is 0 Å². The summed E-state index contributed by atoms with van der Waals surface area (Å²) in [6, 6.07) is 24.9. The van der Waals surface area contributed by atoms with Crippen molar-refractivity contribution in [1.82, 2.24) is 9.69 Å². The standard InChI is InChI=1S/C26H24N4O3S/c27-16-19-7-4-8-21(15-19)29-26(32)24(30-25(31)23-13-14-28-34-23)20-9-11-22(12-10-20)33-17-18-5-2-1-3-6-18/h1-15,24H,16-17,27H2,(H,29,32)(H,30,31)/t24-/m1/s1. The number of nitrogens with zero attached hydrogens (tertiary/aromatic N) is 1. The van der Waals surface area contributed by atoms with Gasteiger partial charge in [0, 0.05) is 18.4 Å². The summed E-state index contributed by atoms with van der Waals surface area (Å²) in [5, 5.41) is 5.69. The summed E-state index contributed by atoms with van der Waals surface area (Å²) in [7, 11) is 0. The van der Waals surface area contributed by atoms with Gasteiger partial charge in [-0.3, -0.25) is 9.59 Å². The van der Waals surface area contributed by atoms with Crippen molar-refractivity contribution < 1.29 is 14.3 Å². The predicted octanol–water partition coefficient (Wildman–Crippen LogP) is 4.29. The van der Waals surface area contributed by atoms with Crippen molar-refractivity contribution in [3.05, 3.63) is 113 Å². The SMILES string of the molecule is NCc1cccc(NC(=O)[C@H](NC(=O)c2ccns2)c2ccc(OCc3ccccc3)cc2)c1. The minimum atomic E-state index is -0.917. The van der Waals surface area contributed by atoms with Crippen molar-refractivity contribution in [2.75, 3.05) is 5.32 Å². The number of nitrogens with one attached hydrogen (secondary N) is 2.